The third-order valence-corrected chi connectivity index (χ3v) is 3.54. The van der Waals surface area contributed by atoms with Crippen molar-refractivity contribution in [1.29, 1.82) is 0 Å². The normalized spacial score (nSPS) is 19.1. The third-order valence-electron chi connectivity index (χ3n) is 2.98. The van der Waals surface area contributed by atoms with Crippen LogP contribution in [0.15, 0.2) is 0 Å². The van der Waals surface area contributed by atoms with Crippen LogP contribution in [-0.4, -0.2) is 42.9 Å². The lowest BCUT2D eigenvalue weighted by Gasteiger charge is -2.30. The Morgan fingerprint density at radius 3 is 2.60 bits per heavy atom. The van der Waals surface area contributed by atoms with E-state index in [0.717, 1.165) is 31.3 Å². The molecule has 0 bridgehead atoms. The molecule has 1 saturated heterocycles. The molecule has 0 aliphatic carbocycles. The highest BCUT2D eigenvalue weighted by Crippen LogP contribution is 2.18. The lowest BCUT2D eigenvalue weighted by Crippen LogP contribution is -2.37. The van der Waals surface area contributed by atoms with E-state index >= 15 is 0 Å². The zero-order valence-corrected chi connectivity index (χ0v) is 11.0. The number of carbonyl (C=O) groups excluding carboxylic acids is 1. The van der Waals surface area contributed by atoms with Gasteiger partial charge in [0.05, 0.1) is 13.0 Å². The van der Waals surface area contributed by atoms with Crippen LogP contribution in [0.3, 0.4) is 0 Å². The maximum Gasteiger partial charge on any atom is 0.308 e. The monoisotopic (exact) mass is 277 g/mol. The maximum atomic E-state index is 11.3. The lowest BCUT2D eigenvalue weighted by molar-refractivity contribution is -0.147. The van der Waals surface area contributed by atoms with E-state index in [1.165, 1.54) is 26.5 Å². The van der Waals surface area contributed by atoms with E-state index in [2.05, 4.69) is 20.8 Å². The van der Waals surface area contributed by atoms with Crippen LogP contribution in [0.2, 0.25) is 0 Å². The SMILES string of the molecule is COC(=O)C1CCN(CCCCBr)CC1. The predicted molar refractivity (Wildman–Crippen MR) is 64.2 cm³/mol. The van der Waals surface area contributed by atoms with Gasteiger partial charge in [-0.15, -0.1) is 0 Å². The molecule has 4 heteroatoms. The molecule has 0 unspecified atom stereocenters. The van der Waals surface area contributed by atoms with Crippen molar-refractivity contribution in [2.24, 2.45) is 5.92 Å². The van der Waals surface area contributed by atoms with E-state index in [0.29, 0.717) is 0 Å². The van der Waals surface area contributed by atoms with E-state index in [1.54, 1.807) is 0 Å². The summed E-state index contributed by atoms with van der Waals surface area (Å²) in [6.07, 6.45) is 4.40. The minimum Gasteiger partial charge on any atom is -0.469 e. The Morgan fingerprint density at radius 2 is 2.07 bits per heavy atom. The first-order valence-corrected chi connectivity index (χ1v) is 6.76. The number of esters is 1. The summed E-state index contributed by atoms with van der Waals surface area (Å²) in [5, 5.41) is 1.09. The molecule has 1 heterocycles. The number of hydrogen-bond donors (Lipinski definition) is 0. The first kappa shape index (κ1) is 13.0. The fourth-order valence-electron chi connectivity index (χ4n) is 1.99. The Kier molecular flexibility index (Phi) is 6.25. The van der Waals surface area contributed by atoms with Crippen LogP contribution in [0.5, 0.6) is 0 Å². The van der Waals surface area contributed by atoms with Crippen LogP contribution in [0.25, 0.3) is 0 Å². The van der Waals surface area contributed by atoms with Crippen LogP contribution in [0, 0.1) is 5.92 Å². The average Bonchev–Trinajstić information content (AvgIpc) is 2.29. The largest absolute Gasteiger partial charge is 0.469 e. The van der Waals surface area contributed by atoms with Crippen molar-refractivity contribution in [3.05, 3.63) is 0 Å². The van der Waals surface area contributed by atoms with Gasteiger partial charge in [-0.25, -0.2) is 0 Å². The van der Waals surface area contributed by atoms with Gasteiger partial charge in [0.25, 0.3) is 0 Å². The smallest absolute Gasteiger partial charge is 0.308 e. The lowest BCUT2D eigenvalue weighted by atomic mass is 9.97. The Morgan fingerprint density at radius 1 is 1.40 bits per heavy atom. The summed E-state index contributed by atoms with van der Waals surface area (Å²) in [6, 6.07) is 0. The van der Waals surface area contributed by atoms with E-state index < -0.39 is 0 Å². The molecule has 0 aromatic carbocycles. The Hall–Kier alpha value is -0.0900. The highest BCUT2D eigenvalue weighted by Gasteiger charge is 2.24. The van der Waals surface area contributed by atoms with Gasteiger partial charge in [-0.3, -0.25) is 4.79 Å². The summed E-state index contributed by atoms with van der Waals surface area (Å²) in [7, 11) is 1.48. The van der Waals surface area contributed by atoms with Crippen molar-refractivity contribution in [1.82, 2.24) is 4.90 Å². The number of unbranched alkanes of at least 4 members (excludes halogenated alkanes) is 1. The van der Waals surface area contributed by atoms with E-state index in [9.17, 15) is 4.79 Å². The van der Waals surface area contributed by atoms with Crippen LogP contribution in [0.4, 0.5) is 0 Å². The van der Waals surface area contributed by atoms with Crippen LogP contribution < -0.4 is 0 Å². The van der Waals surface area contributed by atoms with Crippen LogP contribution in [-0.2, 0) is 9.53 Å². The molecule has 15 heavy (non-hydrogen) atoms. The number of methoxy groups -OCH3 is 1. The molecule has 3 nitrogen and oxygen atoms in total. The molecular formula is C11H20BrNO2. The number of alkyl halides is 1. The van der Waals surface area contributed by atoms with Gasteiger partial charge in [0.1, 0.15) is 0 Å². The first-order chi connectivity index (χ1) is 7.27. The van der Waals surface area contributed by atoms with Crippen molar-refractivity contribution in [3.8, 4) is 0 Å². The van der Waals surface area contributed by atoms with Crippen molar-refractivity contribution >= 4 is 21.9 Å². The number of carbonyl (C=O) groups is 1. The molecule has 0 saturated carbocycles. The van der Waals surface area contributed by atoms with E-state index in [4.69, 9.17) is 4.74 Å². The number of ether oxygens (including phenoxy) is 1. The second kappa shape index (κ2) is 7.23. The summed E-state index contributed by atoms with van der Waals surface area (Å²) in [6.45, 7) is 3.25. The highest BCUT2D eigenvalue weighted by molar-refractivity contribution is 9.09. The molecule has 1 rings (SSSR count). The fraction of sp³-hybridized carbons (Fsp3) is 0.909. The molecule has 88 valence electrons. The average molecular weight is 278 g/mol. The second-order valence-electron chi connectivity index (χ2n) is 4.04. The first-order valence-electron chi connectivity index (χ1n) is 5.64. The van der Waals surface area contributed by atoms with Crippen molar-refractivity contribution in [3.63, 3.8) is 0 Å². The van der Waals surface area contributed by atoms with Crippen LogP contribution >= 0.6 is 15.9 Å². The van der Waals surface area contributed by atoms with Gasteiger partial charge in [-0.2, -0.15) is 0 Å². The summed E-state index contributed by atoms with van der Waals surface area (Å²) < 4.78 is 4.76. The molecule has 1 aliphatic rings. The quantitative estimate of drug-likeness (QED) is 0.438. The summed E-state index contributed by atoms with van der Waals surface area (Å²) >= 11 is 3.43. The van der Waals surface area contributed by atoms with E-state index in [-0.39, 0.29) is 11.9 Å². The molecule has 1 fully saturated rings. The van der Waals surface area contributed by atoms with Gasteiger partial charge in [0.15, 0.2) is 0 Å². The van der Waals surface area contributed by atoms with Gasteiger partial charge >= 0.3 is 5.97 Å². The molecule has 0 N–H and O–H groups in total. The highest BCUT2D eigenvalue weighted by atomic mass is 79.9. The minimum absolute atomic E-state index is 0.0323. The number of rotatable bonds is 5. The van der Waals surface area contributed by atoms with Gasteiger partial charge in [-0.1, -0.05) is 15.9 Å². The second-order valence-corrected chi connectivity index (χ2v) is 4.83. The molecule has 0 atom stereocenters. The molecule has 0 amide bonds. The number of hydrogen-bond acceptors (Lipinski definition) is 3. The molecule has 0 spiro atoms. The van der Waals surface area contributed by atoms with Gasteiger partial charge in [-0.05, 0) is 45.3 Å². The molecule has 0 aromatic heterocycles. The number of halogens is 1. The summed E-state index contributed by atoms with van der Waals surface area (Å²) in [4.78, 5) is 13.7. The topological polar surface area (TPSA) is 29.5 Å². The van der Waals surface area contributed by atoms with E-state index in [1.807, 2.05) is 0 Å². The van der Waals surface area contributed by atoms with Crippen molar-refractivity contribution < 1.29 is 9.53 Å². The van der Waals surface area contributed by atoms with Gasteiger partial charge in [0, 0.05) is 5.33 Å². The Bertz CT molecular complexity index is 191. The third kappa shape index (κ3) is 4.51. The molecule has 0 aromatic rings. The minimum atomic E-state index is -0.0323. The Balaban J connectivity index is 2.15. The van der Waals surface area contributed by atoms with Crippen molar-refractivity contribution in [2.75, 3.05) is 32.1 Å². The zero-order valence-electron chi connectivity index (χ0n) is 9.38. The van der Waals surface area contributed by atoms with Gasteiger partial charge < -0.3 is 9.64 Å². The summed E-state index contributed by atoms with van der Waals surface area (Å²) in [5.74, 6) is 0.109. The zero-order chi connectivity index (χ0) is 11.1. The number of nitrogens with zero attached hydrogens (tertiary/aromatic N) is 1. The fourth-order valence-corrected chi connectivity index (χ4v) is 2.39. The molecule has 0 radical (unpaired) electrons. The number of likely N-dealkylation sites (tertiary alicyclic amines) is 1. The van der Waals surface area contributed by atoms with Crippen molar-refractivity contribution in [2.45, 2.75) is 25.7 Å². The standard InChI is InChI=1S/C11H20BrNO2/c1-15-11(14)10-4-8-13(9-5-10)7-3-2-6-12/h10H,2-9H2,1H3. The predicted octanol–water partition coefficient (Wildman–Crippen LogP) is 2.05. The maximum absolute atomic E-state index is 11.3. The molecular weight excluding hydrogens is 258 g/mol. The summed E-state index contributed by atoms with van der Waals surface area (Å²) in [5.41, 5.74) is 0. The Labute approximate surface area is 100 Å². The number of piperidine rings is 1. The molecule has 1 aliphatic heterocycles. The van der Waals surface area contributed by atoms with Gasteiger partial charge in [0.2, 0.25) is 0 Å². The van der Waals surface area contributed by atoms with Crippen LogP contribution in [0.1, 0.15) is 25.7 Å².